The van der Waals surface area contributed by atoms with E-state index in [9.17, 15) is 0 Å². The zero-order chi connectivity index (χ0) is 10.8. The molecule has 0 aliphatic carbocycles. The van der Waals surface area contributed by atoms with Crippen LogP contribution >= 0.6 is 11.8 Å². The first kappa shape index (κ1) is 11.9. The lowest BCUT2D eigenvalue weighted by Crippen LogP contribution is -2.27. The lowest BCUT2D eigenvalue weighted by molar-refractivity contribution is 0.262. The summed E-state index contributed by atoms with van der Waals surface area (Å²) in [6, 6.07) is 0.584. The Kier molecular flexibility index (Phi) is 3.87. The van der Waals surface area contributed by atoms with Gasteiger partial charge >= 0.3 is 0 Å². The number of thioether (sulfide) groups is 1. The van der Waals surface area contributed by atoms with E-state index in [1.54, 1.807) is 0 Å². The maximum atomic E-state index is 4.64. The van der Waals surface area contributed by atoms with E-state index in [-0.39, 0.29) is 0 Å². The minimum atomic E-state index is 0.307. The predicted octanol–water partition coefficient (Wildman–Crippen LogP) is 2.75. The van der Waals surface area contributed by atoms with Crippen molar-refractivity contribution in [1.29, 1.82) is 0 Å². The molecule has 1 atom stereocenters. The van der Waals surface area contributed by atoms with Gasteiger partial charge in [0.1, 0.15) is 0 Å². The van der Waals surface area contributed by atoms with Crippen molar-refractivity contribution in [1.82, 2.24) is 5.32 Å². The lowest BCUT2D eigenvalue weighted by Gasteiger charge is -2.27. The van der Waals surface area contributed by atoms with Crippen LogP contribution in [0.1, 0.15) is 34.6 Å². The summed E-state index contributed by atoms with van der Waals surface area (Å²) in [7, 11) is 0. The van der Waals surface area contributed by atoms with Crippen molar-refractivity contribution in [3.8, 4) is 0 Å². The Labute approximate surface area is 92.0 Å². The molecule has 1 N–H and O–H groups in total. The lowest BCUT2D eigenvalue weighted by atomic mass is 9.81. The maximum Gasteiger partial charge on any atom is 0.156 e. The normalized spacial score (nSPS) is 25.9. The number of nitrogens with zero attached hydrogens (tertiary/aromatic N) is 1. The van der Waals surface area contributed by atoms with E-state index in [0.29, 0.717) is 17.4 Å². The average Bonchev–Trinajstić information content (AvgIpc) is 2.48. The van der Waals surface area contributed by atoms with Gasteiger partial charge in [-0.25, -0.2) is 0 Å². The van der Waals surface area contributed by atoms with E-state index in [2.05, 4.69) is 44.9 Å². The molecular weight excluding hydrogens is 192 g/mol. The fourth-order valence-corrected chi connectivity index (χ4v) is 1.98. The third kappa shape index (κ3) is 3.19. The molecule has 0 aromatic heterocycles. The van der Waals surface area contributed by atoms with Crippen molar-refractivity contribution >= 4 is 16.9 Å². The molecule has 1 rings (SSSR count). The molecule has 1 aliphatic heterocycles. The van der Waals surface area contributed by atoms with Gasteiger partial charge in [-0.15, -0.1) is 0 Å². The molecule has 1 aliphatic rings. The second-order valence-electron chi connectivity index (χ2n) is 5.12. The smallest absolute Gasteiger partial charge is 0.156 e. The minimum absolute atomic E-state index is 0.307. The predicted molar refractivity (Wildman–Crippen MR) is 66.0 cm³/mol. The summed E-state index contributed by atoms with van der Waals surface area (Å²) in [5, 5.41) is 4.51. The Morgan fingerprint density at radius 3 is 2.64 bits per heavy atom. The fourth-order valence-electron chi connectivity index (χ4n) is 1.05. The molecule has 0 aromatic rings. The molecule has 0 radical (unpaired) electrons. The number of amidine groups is 1. The summed E-state index contributed by atoms with van der Waals surface area (Å²) in [6.45, 7) is 12.2. The molecule has 14 heavy (non-hydrogen) atoms. The first-order valence-electron chi connectivity index (χ1n) is 5.35. The van der Waals surface area contributed by atoms with E-state index in [1.165, 1.54) is 0 Å². The summed E-state index contributed by atoms with van der Waals surface area (Å²) in [5.41, 5.74) is 0.307. The van der Waals surface area contributed by atoms with Crippen LogP contribution in [-0.4, -0.2) is 23.5 Å². The second kappa shape index (κ2) is 4.56. The number of nitrogens with one attached hydrogen (secondary N) is 1. The Bertz CT molecular complexity index is 221. The molecule has 0 saturated carbocycles. The van der Waals surface area contributed by atoms with Gasteiger partial charge in [-0.05, 0) is 18.3 Å². The van der Waals surface area contributed by atoms with Crippen LogP contribution in [-0.2, 0) is 0 Å². The second-order valence-corrected chi connectivity index (χ2v) is 6.13. The maximum absolute atomic E-state index is 4.64. The largest absolute Gasteiger partial charge is 0.362 e. The van der Waals surface area contributed by atoms with Gasteiger partial charge in [0.05, 0.1) is 0 Å². The van der Waals surface area contributed by atoms with Gasteiger partial charge < -0.3 is 5.32 Å². The minimum Gasteiger partial charge on any atom is -0.362 e. The van der Waals surface area contributed by atoms with Crippen molar-refractivity contribution < 1.29 is 0 Å². The van der Waals surface area contributed by atoms with Gasteiger partial charge in [0, 0.05) is 18.3 Å². The summed E-state index contributed by atoms with van der Waals surface area (Å²) in [6.07, 6.45) is 0. The van der Waals surface area contributed by atoms with Crippen LogP contribution in [0.25, 0.3) is 0 Å². The molecule has 1 fully saturated rings. The summed E-state index contributed by atoms with van der Waals surface area (Å²) in [4.78, 5) is 4.64. The topological polar surface area (TPSA) is 24.4 Å². The molecule has 82 valence electrons. The third-order valence-corrected chi connectivity index (χ3v) is 4.22. The van der Waals surface area contributed by atoms with Crippen LogP contribution in [0, 0.1) is 11.3 Å². The first-order chi connectivity index (χ1) is 6.42. The highest BCUT2D eigenvalue weighted by atomic mass is 32.2. The van der Waals surface area contributed by atoms with E-state index < -0.39 is 0 Å². The van der Waals surface area contributed by atoms with Crippen LogP contribution < -0.4 is 5.32 Å². The summed E-state index contributed by atoms with van der Waals surface area (Å²) >= 11 is 1.84. The van der Waals surface area contributed by atoms with Crippen LogP contribution in [0.3, 0.4) is 0 Å². The molecule has 1 unspecified atom stereocenters. The highest BCUT2D eigenvalue weighted by Gasteiger charge is 2.23. The van der Waals surface area contributed by atoms with Crippen LogP contribution in [0.2, 0.25) is 0 Å². The highest BCUT2D eigenvalue weighted by molar-refractivity contribution is 8.14. The number of rotatable bonds is 3. The average molecular weight is 214 g/mol. The Balaban J connectivity index is 2.46. The van der Waals surface area contributed by atoms with Gasteiger partial charge in [0.25, 0.3) is 0 Å². The fraction of sp³-hybridized carbons (Fsp3) is 0.909. The van der Waals surface area contributed by atoms with Crippen molar-refractivity contribution in [2.75, 3.05) is 12.3 Å². The van der Waals surface area contributed by atoms with Crippen molar-refractivity contribution in [2.45, 2.75) is 40.7 Å². The van der Waals surface area contributed by atoms with Crippen LogP contribution in [0.15, 0.2) is 4.99 Å². The SMILES string of the molecule is CC1CSC(=NCC(C)(C)C(C)C)N1. The van der Waals surface area contributed by atoms with Gasteiger partial charge in [0.15, 0.2) is 5.17 Å². The van der Waals surface area contributed by atoms with E-state index in [4.69, 9.17) is 0 Å². The standard InChI is InChI=1S/C11H22N2S/c1-8(2)11(4,5)7-12-10-13-9(3)6-14-10/h8-9H,6-7H2,1-5H3,(H,12,13). The molecule has 0 bridgehead atoms. The van der Waals surface area contributed by atoms with Crippen molar-refractivity contribution in [3.05, 3.63) is 0 Å². The Morgan fingerprint density at radius 1 is 1.57 bits per heavy atom. The number of hydrogen-bond donors (Lipinski definition) is 1. The molecule has 0 aromatic carbocycles. The van der Waals surface area contributed by atoms with Crippen molar-refractivity contribution in [2.24, 2.45) is 16.3 Å². The third-order valence-electron chi connectivity index (χ3n) is 3.03. The number of hydrogen-bond acceptors (Lipinski definition) is 2. The Morgan fingerprint density at radius 2 is 2.21 bits per heavy atom. The molecule has 0 spiro atoms. The van der Waals surface area contributed by atoms with E-state index >= 15 is 0 Å². The van der Waals surface area contributed by atoms with Crippen LogP contribution in [0.5, 0.6) is 0 Å². The summed E-state index contributed by atoms with van der Waals surface area (Å²) < 4.78 is 0. The zero-order valence-electron chi connectivity index (χ0n) is 9.92. The van der Waals surface area contributed by atoms with E-state index in [0.717, 1.165) is 17.5 Å². The number of aliphatic imine (C=N–C) groups is 1. The zero-order valence-corrected chi connectivity index (χ0v) is 10.7. The van der Waals surface area contributed by atoms with Gasteiger partial charge in [-0.3, -0.25) is 4.99 Å². The summed E-state index contributed by atoms with van der Waals surface area (Å²) in [5.74, 6) is 1.83. The van der Waals surface area contributed by atoms with Gasteiger partial charge in [-0.2, -0.15) is 0 Å². The monoisotopic (exact) mass is 214 g/mol. The van der Waals surface area contributed by atoms with Crippen LogP contribution in [0.4, 0.5) is 0 Å². The molecule has 3 heteroatoms. The van der Waals surface area contributed by atoms with Crippen molar-refractivity contribution in [3.63, 3.8) is 0 Å². The molecule has 1 saturated heterocycles. The molecular formula is C11H22N2S. The first-order valence-corrected chi connectivity index (χ1v) is 6.34. The quantitative estimate of drug-likeness (QED) is 0.781. The molecule has 1 heterocycles. The van der Waals surface area contributed by atoms with E-state index in [1.807, 2.05) is 11.8 Å². The molecule has 0 amide bonds. The van der Waals surface area contributed by atoms with Gasteiger partial charge in [-0.1, -0.05) is 39.5 Å². The molecule has 2 nitrogen and oxygen atoms in total. The highest BCUT2D eigenvalue weighted by Crippen LogP contribution is 2.27. The van der Waals surface area contributed by atoms with Gasteiger partial charge in [0.2, 0.25) is 0 Å². The Hall–Kier alpha value is -0.180.